The fraction of sp³-hybridized carbons (Fsp3) is 0.500. The zero-order valence-electron chi connectivity index (χ0n) is 10.3. The first kappa shape index (κ1) is 13.0. The van der Waals surface area contributed by atoms with E-state index in [-0.39, 0.29) is 18.0 Å². The molecule has 1 amide bonds. The molecular formula is C14H18FNO2. The number of hydrogen-bond acceptors (Lipinski definition) is 2. The van der Waals surface area contributed by atoms with Gasteiger partial charge in [0.25, 0.3) is 0 Å². The van der Waals surface area contributed by atoms with Gasteiger partial charge in [-0.25, -0.2) is 4.39 Å². The highest BCUT2D eigenvalue weighted by Crippen LogP contribution is 2.31. The summed E-state index contributed by atoms with van der Waals surface area (Å²) in [6, 6.07) is 6.04. The molecule has 2 rings (SSSR count). The number of rotatable bonds is 3. The molecule has 1 aromatic carbocycles. The van der Waals surface area contributed by atoms with Gasteiger partial charge >= 0.3 is 0 Å². The highest BCUT2D eigenvalue weighted by Gasteiger charge is 2.31. The molecule has 18 heavy (non-hydrogen) atoms. The Kier molecular flexibility index (Phi) is 3.97. The zero-order chi connectivity index (χ0) is 13.0. The van der Waals surface area contributed by atoms with E-state index in [1.54, 1.807) is 12.1 Å². The fourth-order valence-electron chi connectivity index (χ4n) is 2.44. The maximum absolute atomic E-state index is 13.3. The number of halogens is 1. The van der Waals surface area contributed by atoms with Crippen LogP contribution in [-0.4, -0.2) is 16.6 Å². The van der Waals surface area contributed by atoms with Crippen LogP contribution in [0.25, 0.3) is 0 Å². The number of aliphatic hydroxyl groups is 1. The molecule has 0 radical (unpaired) electrons. The van der Waals surface area contributed by atoms with Crippen LogP contribution in [-0.2, 0) is 4.79 Å². The summed E-state index contributed by atoms with van der Waals surface area (Å²) < 4.78 is 13.3. The Balaban J connectivity index is 1.94. The number of carbonyl (C=O) groups is 1. The van der Waals surface area contributed by atoms with Crippen molar-refractivity contribution in [2.45, 2.75) is 44.1 Å². The number of hydrogen-bond donors (Lipinski definition) is 2. The molecule has 1 fully saturated rings. The summed E-state index contributed by atoms with van der Waals surface area (Å²) in [5, 5.41) is 12.7. The van der Waals surface area contributed by atoms with Crippen LogP contribution in [0.5, 0.6) is 0 Å². The molecule has 0 atom stereocenters. The number of benzene rings is 1. The van der Waals surface area contributed by atoms with E-state index in [9.17, 15) is 14.3 Å². The largest absolute Gasteiger partial charge is 0.389 e. The van der Waals surface area contributed by atoms with Crippen molar-refractivity contribution >= 4 is 11.6 Å². The molecule has 0 heterocycles. The maximum Gasteiger partial charge on any atom is 0.227 e. The van der Waals surface area contributed by atoms with E-state index in [1.807, 2.05) is 0 Å². The lowest BCUT2D eigenvalue weighted by Crippen LogP contribution is -2.36. The number of amides is 1. The number of nitrogens with one attached hydrogen (secondary N) is 1. The van der Waals surface area contributed by atoms with Crippen LogP contribution >= 0.6 is 0 Å². The van der Waals surface area contributed by atoms with Crippen molar-refractivity contribution in [2.24, 2.45) is 0 Å². The summed E-state index contributed by atoms with van der Waals surface area (Å²) in [6.07, 6.45) is 4.35. The first-order valence-corrected chi connectivity index (χ1v) is 6.36. The van der Waals surface area contributed by atoms with Gasteiger partial charge in [0.2, 0.25) is 5.91 Å². The molecule has 0 aliphatic heterocycles. The van der Waals surface area contributed by atoms with Crippen molar-refractivity contribution in [3.8, 4) is 0 Å². The van der Waals surface area contributed by atoms with Crippen LogP contribution in [0.2, 0.25) is 0 Å². The summed E-state index contributed by atoms with van der Waals surface area (Å²) in [6.45, 7) is 0. The van der Waals surface area contributed by atoms with Crippen LogP contribution < -0.4 is 5.32 Å². The van der Waals surface area contributed by atoms with E-state index in [0.717, 1.165) is 19.3 Å². The van der Waals surface area contributed by atoms with E-state index < -0.39 is 11.4 Å². The first-order chi connectivity index (χ1) is 8.59. The van der Waals surface area contributed by atoms with Crippen LogP contribution in [0.4, 0.5) is 10.1 Å². The molecule has 2 N–H and O–H groups in total. The number of carbonyl (C=O) groups excluding carboxylic acids is 1. The Morgan fingerprint density at radius 1 is 1.28 bits per heavy atom. The van der Waals surface area contributed by atoms with Crippen LogP contribution in [0.3, 0.4) is 0 Å². The maximum atomic E-state index is 13.3. The Morgan fingerprint density at radius 3 is 2.61 bits per heavy atom. The summed E-state index contributed by atoms with van der Waals surface area (Å²) in [4.78, 5) is 11.8. The monoisotopic (exact) mass is 251 g/mol. The minimum Gasteiger partial charge on any atom is -0.389 e. The average Bonchev–Trinajstić information content (AvgIpc) is 2.32. The molecule has 0 unspecified atom stereocenters. The van der Waals surface area contributed by atoms with Gasteiger partial charge < -0.3 is 10.4 Å². The smallest absolute Gasteiger partial charge is 0.227 e. The molecule has 0 aromatic heterocycles. The van der Waals surface area contributed by atoms with Crippen LogP contribution in [0.15, 0.2) is 24.3 Å². The molecular weight excluding hydrogens is 233 g/mol. The van der Waals surface area contributed by atoms with Crippen molar-refractivity contribution < 1.29 is 14.3 Å². The predicted molar refractivity (Wildman–Crippen MR) is 67.7 cm³/mol. The van der Waals surface area contributed by atoms with E-state index in [4.69, 9.17) is 0 Å². The van der Waals surface area contributed by atoms with Gasteiger partial charge in [0.1, 0.15) is 5.82 Å². The Hall–Kier alpha value is -1.42. The van der Waals surface area contributed by atoms with Crippen LogP contribution in [0.1, 0.15) is 38.5 Å². The average molecular weight is 251 g/mol. The summed E-state index contributed by atoms with van der Waals surface area (Å²) in [5.74, 6) is -0.786. The third kappa shape index (κ3) is 3.29. The molecule has 0 bridgehead atoms. The lowest BCUT2D eigenvalue weighted by molar-refractivity contribution is -0.122. The van der Waals surface area contributed by atoms with Crippen molar-refractivity contribution in [2.75, 3.05) is 5.32 Å². The standard InChI is InChI=1S/C14H18FNO2/c15-11-6-2-3-7-12(11)16-13(17)10-14(18)8-4-1-5-9-14/h2-3,6-7,18H,1,4-5,8-10H2,(H,16,17). The molecule has 1 aliphatic carbocycles. The fourth-order valence-corrected chi connectivity index (χ4v) is 2.44. The van der Waals surface area contributed by atoms with Crippen molar-refractivity contribution in [1.82, 2.24) is 0 Å². The lowest BCUT2D eigenvalue weighted by atomic mass is 9.82. The van der Waals surface area contributed by atoms with Gasteiger partial charge in [0, 0.05) is 0 Å². The number of para-hydroxylation sites is 1. The van der Waals surface area contributed by atoms with E-state index in [0.29, 0.717) is 12.8 Å². The third-order valence-electron chi connectivity index (χ3n) is 3.42. The minimum atomic E-state index is -0.909. The van der Waals surface area contributed by atoms with Gasteiger partial charge in [-0.2, -0.15) is 0 Å². The summed E-state index contributed by atoms with van der Waals surface area (Å²) in [5.41, 5.74) is -0.741. The van der Waals surface area contributed by atoms with Gasteiger partial charge in [-0.1, -0.05) is 31.4 Å². The second kappa shape index (κ2) is 5.48. The lowest BCUT2D eigenvalue weighted by Gasteiger charge is -2.31. The van der Waals surface area contributed by atoms with E-state index in [1.165, 1.54) is 12.1 Å². The molecule has 4 heteroatoms. The SMILES string of the molecule is O=C(CC1(O)CCCCC1)Nc1ccccc1F. The van der Waals surface area contributed by atoms with Crippen molar-refractivity contribution in [1.29, 1.82) is 0 Å². The Labute approximate surface area is 106 Å². The highest BCUT2D eigenvalue weighted by molar-refractivity contribution is 5.91. The second-order valence-corrected chi connectivity index (χ2v) is 4.99. The summed E-state index contributed by atoms with van der Waals surface area (Å²) >= 11 is 0. The van der Waals surface area contributed by atoms with Gasteiger partial charge in [-0.3, -0.25) is 4.79 Å². The minimum absolute atomic E-state index is 0.0430. The topological polar surface area (TPSA) is 49.3 Å². The molecule has 1 saturated carbocycles. The quantitative estimate of drug-likeness (QED) is 0.867. The second-order valence-electron chi connectivity index (χ2n) is 4.99. The van der Waals surface area contributed by atoms with E-state index in [2.05, 4.69) is 5.32 Å². The molecule has 1 aliphatic rings. The first-order valence-electron chi connectivity index (χ1n) is 6.36. The highest BCUT2D eigenvalue weighted by atomic mass is 19.1. The zero-order valence-corrected chi connectivity index (χ0v) is 10.3. The molecule has 98 valence electrons. The Morgan fingerprint density at radius 2 is 1.94 bits per heavy atom. The van der Waals surface area contributed by atoms with Gasteiger partial charge in [0.15, 0.2) is 0 Å². The summed E-state index contributed by atoms with van der Waals surface area (Å²) in [7, 11) is 0. The van der Waals surface area contributed by atoms with Crippen molar-refractivity contribution in [3.63, 3.8) is 0 Å². The molecule has 0 saturated heterocycles. The molecule has 0 spiro atoms. The normalized spacial score (nSPS) is 18.3. The molecule has 3 nitrogen and oxygen atoms in total. The van der Waals surface area contributed by atoms with Gasteiger partial charge in [0.05, 0.1) is 17.7 Å². The van der Waals surface area contributed by atoms with Gasteiger partial charge in [-0.15, -0.1) is 0 Å². The van der Waals surface area contributed by atoms with E-state index >= 15 is 0 Å². The number of anilines is 1. The predicted octanol–water partition coefficient (Wildman–Crippen LogP) is 2.85. The Bertz CT molecular complexity index is 428. The third-order valence-corrected chi connectivity index (χ3v) is 3.42. The van der Waals surface area contributed by atoms with Crippen molar-refractivity contribution in [3.05, 3.63) is 30.1 Å². The molecule has 1 aromatic rings. The van der Waals surface area contributed by atoms with Crippen LogP contribution in [0, 0.1) is 5.82 Å². The van der Waals surface area contributed by atoms with Gasteiger partial charge in [-0.05, 0) is 25.0 Å².